The van der Waals surface area contributed by atoms with E-state index in [1.165, 1.54) is 32.6 Å². The lowest BCUT2D eigenvalue weighted by Gasteiger charge is -2.43. The molecule has 1 aromatic carbocycles. The number of methoxy groups -OCH3 is 2. The number of alkyl halides is 3. The molecular weight excluding hydrogens is 637 g/mol. The predicted molar refractivity (Wildman–Crippen MR) is 170 cm³/mol. The number of unbranched alkanes of at least 4 members (excludes halogenated alkanes) is 4. The SMILES string of the molecule is CC=CO[C@H]1O[C@H](COC)[C@@H](O)[C@H](OCC[C@@H](CCCCCCC)OCc2ccc(OC)cc2)[C@H]1NC(=O)OCC(Cl)(Cl)Cl. The molecule has 0 aliphatic carbocycles. The number of rotatable bonds is 20. The molecule has 252 valence electrons. The van der Waals surface area contributed by atoms with Crippen LogP contribution in [0.2, 0.25) is 0 Å². The highest BCUT2D eigenvalue weighted by Crippen LogP contribution is 2.28. The van der Waals surface area contributed by atoms with Crippen LogP contribution in [0.1, 0.15) is 64.4 Å². The van der Waals surface area contributed by atoms with Crippen LogP contribution in [0.25, 0.3) is 0 Å². The van der Waals surface area contributed by atoms with Crippen LogP contribution in [-0.2, 0) is 35.0 Å². The largest absolute Gasteiger partial charge is 0.497 e. The van der Waals surface area contributed by atoms with Gasteiger partial charge in [-0.2, -0.15) is 0 Å². The zero-order chi connectivity index (χ0) is 32.4. The first-order valence-electron chi connectivity index (χ1n) is 15.1. The summed E-state index contributed by atoms with van der Waals surface area (Å²) in [6.45, 7) is 4.23. The van der Waals surface area contributed by atoms with Crippen molar-refractivity contribution in [2.45, 2.75) is 106 Å². The van der Waals surface area contributed by atoms with Crippen molar-refractivity contribution in [3.63, 3.8) is 0 Å². The molecular formula is C31H48Cl3NO9. The first-order chi connectivity index (χ1) is 21.1. The number of aliphatic hydroxyl groups is 1. The molecule has 1 amide bonds. The summed E-state index contributed by atoms with van der Waals surface area (Å²) in [5.74, 6) is 0.785. The first-order valence-corrected chi connectivity index (χ1v) is 16.2. The maximum atomic E-state index is 12.6. The third-order valence-electron chi connectivity index (χ3n) is 7.03. The molecule has 1 aliphatic rings. The third kappa shape index (κ3) is 14.7. The fraction of sp³-hybridized carbons (Fsp3) is 0.710. The van der Waals surface area contributed by atoms with E-state index >= 15 is 0 Å². The summed E-state index contributed by atoms with van der Waals surface area (Å²) < 4.78 is 38.0. The summed E-state index contributed by atoms with van der Waals surface area (Å²) in [5, 5.41) is 13.9. The van der Waals surface area contributed by atoms with Crippen molar-refractivity contribution in [1.29, 1.82) is 0 Å². The number of nitrogens with one attached hydrogen (secondary N) is 1. The normalized spacial score (nSPS) is 23.0. The van der Waals surface area contributed by atoms with Gasteiger partial charge in [0.15, 0.2) is 0 Å². The van der Waals surface area contributed by atoms with Crippen molar-refractivity contribution in [2.75, 3.05) is 34.0 Å². The Kier molecular flexibility index (Phi) is 18.7. The molecule has 13 heteroatoms. The Bertz CT molecular complexity index is 948. The van der Waals surface area contributed by atoms with Gasteiger partial charge < -0.3 is 43.6 Å². The highest BCUT2D eigenvalue weighted by Gasteiger charge is 2.48. The predicted octanol–water partition coefficient (Wildman–Crippen LogP) is 6.46. The number of ether oxygens (including phenoxy) is 7. The molecule has 10 nitrogen and oxygen atoms in total. The standard InChI is InChI=1S/C31H48Cl3NO9/c1-5-7-8-9-10-11-24(42-19-22-12-14-23(39-4)15-13-22)16-18-40-28-26(35-30(37)43-21-31(32,33)34)29(41-17-6-2)44-25(20-38-3)27(28)36/h6,12-15,17,24-29,36H,5,7-11,16,18-21H2,1-4H3,(H,35,37)/t24-,25-,26-,27-,28-,29+/m1/s1. The van der Waals surface area contributed by atoms with Crippen LogP contribution in [-0.4, -0.2) is 85.8 Å². The van der Waals surface area contributed by atoms with Crippen LogP contribution in [0.4, 0.5) is 4.79 Å². The zero-order valence-corrected chi connectivity index (χ0v) is 28.3. The maximum Gasteiger partial charge on any atom is 0.407 e. The number of hydrogen-bond acceptors (Lipinski definition) is 9. The number of hydrogen-bond donors (Lipinski definition) is 2. The lowest BCUT2D eigenvalue weighted by atomic mass is 9.96. The highest BCUT2D eigenvalue weighted by atomic mass is 35.6. The van der Waals surface area contributed by atoms with Crippen LogP contribution in [0.15, 0.2) is 36.6 Å². The number of aliphatic hydroxyl groups excluding tert-OH is 1. The highest BCUT2D eigenvalue weighted by molar-refractivity contribution is 6.67. The Morgan fingerprint density at radius 3 is 2.48 bits per heavy atom. The molecule has 1 fully saturated rings. The van der Waals surface area contributed by atoms with Gasteiger partial charge in [0.1, 0.15) is 36.7 Å². The van der Waals surface area contributed by atoms with E-state index in [0.717, 1.165) is 30.6 Å². The van der Waals surface area contributed by atoms with Crippen LogP contribution >= 0.6 is 34.8 Å². The second kappa shape index (κ2) is 21.3. The summed E-state index contributed by atoms with van der Waals surface area (Å²) in [6.07, 6.45) is 5.36. The number of benzene rings is 1. The molecule has 2 rings (SSSR count). The van der Waals surface area contributed by atoms with E-state index in [1.54, 1.807) is 20.1 Å². The van der Waals surface area contributed by atoms with E-state index in [4.69, 9.17) is 68.0 Å². The van der Waals surface area contributed by atoms with Crippen molar-refractivity contribution in [2.24, 2.45) is 0 Å². The van der Waals surface area contributed by atoms with Crippen molar-refractivity contribution in [3.8, 4) is 5.75 Å². The topological polar surface area (TPSA) is 114 Å². The lowest BCUT2D eigenvalue weighted by molar-refractivity contribution is -0.264. The van der Waals surface area contributed by atoms with Crippen LogP contribution in [0.5, 0.6) is 5.75 Å². The first kappa shape index (κ1) is 38.7. The smallest absolute Gasteiger partial charge is 0.407 e. The Labute approximate surface area is 276 Å². The number of allylic oxidation sites excluding steroid dienone is 1. The lowest BCUT2D eigenvalue weighted by Crippen LogP contribution is -2.65. The monoisotopic (exact) mass is 683 g/mol. The number of carbonyl (C=O) groups is 1. The van der Waals surface area contributed by atoms with Crippen LogP contribution in [0, 0.1) is 0 Å². The minimum atomic E-state index is -1.79. The number of halogens is 3. The van der Waals surface area contributed by atoms with Crippen molar-refractivity contribution >= 4 is 40.9 Å². The number of carbonyl (C=O) groups excluding carboxylic acids is 1. The molecule has 2 N–H and O–H groups in total. The minimum absolute atomic E-state index is 0.0759. The molecule has 1 saturated heterocycles. The summed E-state index contributed by atoms with van der Waals surface area (Å²) in [5.41, 5.74) is 1.03. The second-order valence-electron chi connectivity index (χ2n) is 10.6. The molecule has 0 saturated carbocycles. The maximum absolute atomic E-state index is 12.6. The van der Waals surface area contributed by atoms with Crippen molar-refractivity contribution < 1.29 is 43.1 Å². The molecule has 1 heterocycles. The van der Waals surface area contributed by atoms with E-state index in [0.29, 0.717) is 13.0 Å². The fourth-order valence-corrected chi connectivity index (χ4v) is 4.89. The third-order valence-corrected chi connectivity index (χ3v) is 7.36. The average Bonchev–Trinajstić information content (AvgIpc) is 3.00. The molecule has 0 bridgehead atoms. The molecule has 1 aromatic rings. The van der Waals surface area contributed by atoms with Gasteiger partial charge in [-0.25, -0.2) is 4.79 Å². The van der Waals surface area contributed by atoms with Gasteiger partial charge in [-0.15, -0.1) is 0 Å². The Morgan fingerprint density at radius 1 is 1.11 bits per heavy atom. The Balaban J connectivity index is 2.13. The molecule has 0 radical (unpaired) electrons. The molecule has 0 unspecified atom stereocenters. The molecule has 0 spiro atoms. The minimum Gasteiger partial charge on any atom is -0.497 e. The summed E-state index contributed by atoms with van der Waals surface area (Å²) >= 11 is 17.2. The van der Waals surface area contributed by atoms with Crippen molar-refractivity contribution in [1.82, 2.24) is 5.32 Å². The van der Waals surface area contributed by atoms with Crippen LogP contribution in [0.3, 0.4) is 0 Å². The van der Waals surface area contributed by atoms with Crippen molar-refractivity contribution in [3.05, 3.63) is 42.2 Å². The summed E-state index contributed by atoms with van der Waals surface area (Å²) in [6, 6.07) is 6.80. The molecule has 0 aromatic heterocycles. The fourth-order valence-electron chi connectivity index (χ4n) is 4.73. The zero-order valence-electron chi connectivity index (χ0n) is 26.1. The van der Waals surface area contributed by atoms with E-state index in [-0.39, 0.29) is 19.3 Å². The molecule has 1 aliphatic heterocycles. The van der Waals surface area contributed by atoms with E-state index in [1.807, 2.05) is 24.3 Å². The van der Waals surface area contributed by atoms with Gasteiger partial charge in [0.25, 0.3) is 0 Å². The van der Waals surface area contributed by atoms with Crippen LogP contribution < -0.4 is 10.1 Å². The average molecular weight is 685 g/mol. The van der Waals surface area contributed by atoms with Gasteiger partial charge >= 0.3 is 6.09 Å². The molecule has 6 atom stereocenters. The Morgan fingerprint density at radius 2 is 1.84 bits per heavy atom. The van der Waals surface area contributed by atoms with Gasteiger partial charge in [0.2, 0.25) is 10.1 Å². The van der Waals surface area contributed by atoms with E-state index < -0.39 is 47.1 Å². The summed E-state index contributed by atoms with van der Waals surface area (Å²) in [4.78, 5) is 12.6. The van der Waals surface area contributed by atoms with Gasteiger partial charge in [-0.3, -0.25) is 0 Å². The summed E-state index contributed by atoms with van der Waals surface area (Å²) in [7, 11) is 3.13. The Hall–Kier alpha value is -1.50. The number of amides is 1. The van der Waals surface area contributed by atoms with Gasteiger partial charge in [0, 0.05) is 13.7 Å². The van der Waals surface area contributed by atoms with Gasteiger partial charge in [0.05, 0.1) is 32.7 Å². The number of alkyl carbamates (subject to hydrolysis) is 1. The molecule has 44 heavy (non-hydrogen) atoms. The van der Waals surface area contributed by atoms with Gasteiger partial charge in [-0.05, 0) is 37.5 Å². The quantitative estimate of drug-likeness (QED) is 0.0907. The van der Waals surface area contributed by atoms with Gasteiger partial charge in [-0.1, -0.05) is 92.0 Å². The van der Waals surface area contributed by atoms with E-state index in [2.05, 4.69) is 12.2 Å². The second-order valence-corrected chi connectivity index (χ2v) is 13.1. The van der Waals surface area contributed by atoms with E-state index in [9.17, 15) is 9.90 Å².